The van der Waals surface area contributed by atoms with E-state index in [1.807, 2.05) is 25.1 Å². The van der Waals surface area contributed by atoms with Crippen LogP contribution in [0, 0.1) is 0 Å². The highest BCUT2D eigenvalue weighted by Gasteiger charge is 2.33. The van der Waals surface area contributed by atoms with Crippen LogP contribution in [0.4, 0.5) is 4.79 Å². The van der Waals surface area contributed by atoms with Gasteiger partial charge in [-0.25, -0.2) is 4.79 Å². The van der Waals surface area contributed by atoms with Gasteiger partial charge < -0.3 is 10.1 Å². The molecule has 0 saturated heterocycles. The highest BCUT2D eigenvalue weighted by molar-refractivity contribution is 8.03. The SMILES string of the molecule is CCSC1=CC(NC(=O)Oc2ccccc2)(SCC)NC(C)=C1. The monoisotopic (exact) mass is 350 g/mol. The third-order valence-corrected chi connectivity index (χ3v) is 4.94. The molecule has 2 N–H and O–H groups in total. The number of hydrogen-bond acceptors (Lipinski definition) is 5. The summed E-state index contributed by atoms with van der Waals surface area (Å²) in [7, 11) is 0. The van der Waals surface area contributed by atoms with E-state index >= 15 is 0 Å². The van der Waals surface area contributed by atoms with Crippen molar-refractivity contribution in [3.63, 3.8) is 0 Å². The average molecular weight is 351 g/mol. The topological polar surface area (TPSA) is 50.4 Å². The molecule has 0 aromatic heterocycles. The number of hydrogen-bond donors (Lipinski definition) is 2. The molecule has 0 fully saturated rings. The zero-order chi connectivity index (χ0) is 16.7. The Morgan fingerprint density at radius 2 is 2.00 bits per heavy atom. The molecule has 2 rings (SSSR count). The number of allylic oxidation sites excluding steroid dienone is 2. The predicted molar refractivity (Wildman–Crippen MR) is 99.6 cm³/mol. The van der Waals surface area contributed by atoms with E-state index in [0.29, 0.717) is 5.75 Å². The van der Waals surface area contributed by atoms with Crippen LogP contribution in [-0.4, -0.2) is 22.6 Å². The summed E-state index contributed by atoms with van der Waals surface area (Å²) in [5, 5.41) is 6.32. The van der Waals surface area contributed by atoms with Crippen molar-refractivity contribution < 1.29 is 9.53 Å². The fourth-order valence-corrected chi connectivity index (χ4v) is 4.23. The largest absolute Gasteiger partial charge is 0.415 e. The zero-order valence-electron chi connectivity index (χ0n) is 13.6. The van der Waals surface area contributed by atoms with Gasteiger partial charge in [0.2, 0.25) is 0 Å². The van der Waals surface area contributed by atoms with E-state index in [1.54, 1.807) is 35.7 Å². The van der Waals surface area contributed by atoms with E-state index in [2.05, 4.69) is 36.6 Å². The third-order valence-electron chi connectivity index (χ3n) is 3.01. The molecule has 6 heteroatoms. The third kappa shape index (κ3) is 5.25. The molecule has 0 bridgehead atoms. The summed E-state index contributed by atoms with van der Waals surface area (Å²) in [4.78, 5) is 12.7. The number of nitrogens with one attached hydrogen (secondary N) is 2. The van der Waals surface area contributed by atoms with Gasteiger partial charge in [-0.3, -0.25) is 5.32 Å². The van der Waals surface area contributed by atoms with Crippen LogP contribution < -0.4 is 15.4 Å². The van der Waals surface area contributed by atoms with E-state index in [1.165, 1.54) is 0 Å². The Morgan fingerprint density at radius 1 is 1.26 bits per heavy atom. The summed E-state index contributed by atoms with van der Waals surface area (Å²) in [6.45, 7) is 6.17. The Bertz CT molecular complexity index is 602. The van der Waals surface area contributed by atoms with Gasteiger partial charge in [-0.2, -0.15) is 0 Å². The minimum absolute atomic E-state index is 0.476. The first kappa shape index (κ1) is 17.8. The van der Waals surface area contributed by atoms with Gasteiger partial charge in [0.05, 0.1) is 0 Å². The highest BCUT2D eigenvalue weighted by Crippen LogP contribution is 2.32. The first-order valence-corrected chi connectivity index (χ1v) is 9.55. The molecule has 0 spiro atoms. The van der Waals surface area contributed by atoms with E-state index < -0.39 is 11.1 Å². The van der Waals surface area contributed by atoms with Gasteiger partial charge in [-0.05, 0) is 42.7 Å². The minimum atomic E-state index is -0.684. The molecule has 1 amide bonds. The lowest BCUT2D eigenvalue weighted by atomic mass is 10.2. The molecule has 1 aromatic rings. The van der Waals surface area contributed by atoms with Gasteiger partial charge in [-0.15, -0.1) is 23.5 Å². The normalized spacial score (nSPS) is 20.1. The average Bonchev–Trinajstić information content (AvgIpc) is 2.47. The fraction of sp³-hybridized carbons (Fsp3) is 0.353. The molecule has 1 aliphatic rings. The first-order chi connectivity index (χ1) is 11.1. The van der Waals surface area contributed by atoms with Crippen molar-refractivity contribution in [3.8, 4) is 5.75 Å². The van der Waals surface area contributed by atoms with Gasteiger partial charge in [-0.1, -0.05) is 32.0 Å². The molecule has 1 unspecified atom stereocenters. The minimum Gasteiger partial charge on any atom is -0.410 e. The summed E-state index contributed by atoms with van der Waals surface area (Å²) in [6.07, 6.45) is 3.66. The standard InChI is InChI=1S/C17H22N2O2S2/c1-4-22-15-11-13(3)18-17(12-15,23-5-2)19-16(20)21-14-9-7-6-8-10-14/h6-12,18H,4-5H2,1-3H3,(H,19,20). The van der Waals surface area contributed by atoms with Crippen molar-refractivity contribution in [3.05, 3.63) is 53.1 Å². The van der Waals surface area contributed by atoms with E-state index in [9.17, 15) is 4.79 Å². The molecule has 0 radical (unpaired) electrons. The second-order valence-electron chi connectivity index (χ2n) is 4.93. The number of rotatable bonds is 6. The summed E-state index contributed by atoms with van der Waals surface area (Å²) in [6, 6.07) is 9.06. The second-order valence-corrected chi connectivity index (χ2v) is 7.78. The number of benzene rings is 1. The second kappa shape index (κ2) is 8.36. The van der Waals surface area contributed by atoms with Crippen molar-refractivity contribution in [1.29, 1.82) is 0 Å². The summed E-state index contributed by atoms with van der Waals surface area (Å²) in [5.74, 6) is 2.36. The number of ether oxygens (including phenoxy) is 1. The van der Waals surface area contributed by atoms with Crippen LogP contribution in [0.25, 0.3) is 0 Å². The fourth-order valence-electron chi connectivity index (χ4n) is 2.25. The van der Waals surface area contributed by atoms with Crippen LogP contribution in [0.15, 0.2) is 53.1 Å². The van der Waals surface area contributed by atoms with Crippen LogP contribution in [0.3, 0.4) is 0 Å². The maximum Gasteiger partial charge on any atom is 0.415 e. The Kier molecular flexibility index (Phi) is 6.47. The highest BCUT2D eigenvalue weighted by atomic mass is 32.2. The molecule has 1 heterocycles. The van der Waals surface area contributed by atoms with Gasteiger partial charge in [0, 0.05) is 10.6 Å². The molecule has 1 atom stereocenters. The molecule has 0 aliphatic carbocycles. The molecule has 1 aliphatic heterocycles. The van der Waals surface area contributed by atoms with E-state index in [0.717, 1.165) is 22.1 Å². The number of thioether (sulfide) groups is 2. The lowest BCUT2D eigenvalue weighted by Gasteiger charge is -2.35. The Labute approximate surface area is 146 Å². The van der Waals surface area contributed by atoms with E-state index in [-0.39, 0.29) is 0 Å². The van der Waals surface area contributed by atoms with Crippen molar-refractivity contribution in [2.45, 2.75) is 25.8 Å². The summed E-state index contributed by atoms with van der Waals surface area (Å²) >= 11 is 3.37. The molecular weight excluding hydrogens is 328 g/mol. The summed E-state index contributed by atoms with van der Waals surface area (Å²) in [5.41, 5.74) is 1.02. The number of amides is 1. The van der Waals surface area contributed by atoms with Gasteiger partial charge in [0.1, 0.15) is 5.75 Å². The van der Waals surface area contributed by atoms with Gasteiger partial charge in [0.15, 0.2) is 4.99 Å². The van der Waals surface area contributed by atoms with Crippen molar-refractivity contribution >= 4 is 29.6 Å². The van der Waals surface area contributed by atoms with Crippen molar-refractivity contribution in [1.82, 2.24) is 10.6 Å². The van der Waals surface area contributed by atoms with Crippen molar-refractivity contribution in [2.24, 2.45) is 0 Å². The molecule has 23 heavy (non-hydrogen) atoms. The smallest absolute Gasteiger partial charge is 0.410 e. The number of dihydropyridines is 1. The number of carbonyl (C=O) groups is 1. The molecule has 0 saturated carbocycles. The van der Waals surface area contributed by atoms with Crippen molar-refractivity contribution in [2.75, 3.05) is 11.5 Å². The Morgan fingerprint density at radius 3 is 2.65 bits per heavy atom. The maximum atomic E-state index is 12.3. The van der Waals surface area contributed by atoms with E-state index in [4.69, 9.17) is 4.74 Å². The van der Waals surface area contributed by atoms with Crippen LogP contribution in [0.5, 0.6) is 5.75 Å². The van der Waals surface area contributed by atoms with Gasteiger partial charge >= 0.3 is 6.09 Å². The lowest BCUT2D eigenvalue weighted by Crippen LogP contribution is -2.56. The molecule has 1 aromatic carbocycles. The Balaban J connectivity index is 2.14. The van der Waals surface area contributed by atoms with Crippen LogP contribution >= 0.6 is 23.5 Å². The zero-order valence-corrected chi connectivity index (χ0v) is 15.2. The Hall–Kier alpha value is -1.53. The predicted octanol–water partition coefficient (Wildman–Crippen LogP) is 4.33. The number of carbonyl (C=O) groups excluding carboxylic acids is 1. The molecule has 124 valence electrons. The van der Waals surface area contributed by atoms with Crippen LogP contribution in [-0.2, 0) is 0 Å². The first-order valence-electron chi connectivity index (χ1n) is 7.58. The lowest BCUT2D eigenvalue weighted by molar-refractivity contribution is 0.195. The molecular formula is C17H22N2O2S2. The van der Waals surface area contributed by atoms with Gasteiger partial charge in [0.25, 0.3) is 0 Å². The quantitative estimate of drug-likeness (QED) is 0.748. The number of para-hydroxylation sites is 1. The summed E-state index contributed by atoms with van der Waals surface area (Å²) < 4.78 is 5.36. The van der Waals surface area contributed by atoms with Crippen LogP contribution in [0.2, 0.25) is 0 Å². The molecule has 4 nitrogen and oxygen atoms in total. The van der Waals surface area contributed by atoms with Crippen LogP contribution in [0.1, 0.15) is 20.8 Å². The maximum absolute atomic E-state index is 12.3.